The van der Waals surface area contributed by atoms with Crippen LogP contribution in [0.25, 0.3) is 0 Å². The molecule has 0 aromatic carbocycles. The minimum atomic E-state index is -0.340. The quantitative estimate of drug-likeness (QED) is 0.650. The number of carbonyl (C=O) groups is 1. The molecule has 0 saturated carbocycles. The van der Waals surface area contributed by atoms with Gasteiger partial charge in [0.05, 0.1) is 6.07 Å². The lowest BCUT2D eigenvalue weighted by Crippen LogP contribution is -2.29. The molecule has 0 radical (unpaired) electrons. The Morgan fingerprint density at radius 3 is 3.20 bits per heavy atom. The fourth-order valence-corrected chi connectivity index (χ4v) is 1.18. The predicted molar refractivity (Wildman–Crippen MR) is 56.1 cm³/mol. The summed E-state index contributed by atoms with van der Waals surface area (Å²) < 4.78 is 5.70. The number of carbonyl (C=O) groups excluding carboxylic acids is 1. The van der Waals surface area contributed by atoms with Crippen molar-refractivity contribution >= 4 is 21.8 Å². The zero-order chi connectivity index (χ0) is 11.1. The number of nitrogens with zero attached hydrogens (tertiary/aromatic N) is 2. The lowest BCUT2D eigenvalue weighted by molar-refractivity contribution is -0.122. The third-order valence-corrected chi connectivity index (χ3v) is 2.04. The first-order valence-corrected chi connectivity index (χ1v) is 4.90. The van der Waals surface area contributed by atoms with Gasteiger partial charge in [0.2, 0.25) is 0 Å². The maximum atomic E-state index is 11.1. The van der Waals surface area contributed by atoms with Gasteiger partial charge in [0.15, 0.2) is 12.4 Å². The average Bonchev–Trinajstić information content (AvgIpc) is 2.25. The van der Waals surface area contributed by atoms with Crippen molar-refractivity contribution in [3.05, 3.63) is 22.9 Å². The lowest BCUT2D eigenvalue weighted by Gasteiger charge is -2.06. The summed E-state index contributed by atoms with van der Waals surface area (Å²) in [4.78, 5) is 15.0. The Balaban J connectivity index is 2.41. The summed E-state index contributed by atoms with van der Waals surface area (Å²) in [5.41, 5.74) is 0. The average molecular weight is 270 g/mol. The summed E-state index contributed by atoms with van der Waals surface area (Å²) in [6, 6.07) is 5.19. The Kier molecular flexibility index (Phi) is 4.57. The van der Waals surface area contributed by atoms with E-state index in [9.17, 15) is 4.79 Å². The van der Waals surface area contributed by atoms with Crippen LogP contribution in [0.5, 0.6) is 5.75 Å². The first-order valence-electron chi connectivity index (χ1n) is 4.11. The van der Waals surface area contributed by atoms with E-state index in [-0.39, 0.29) is 19.1 Å². The molecular weight excluding hydrogens is 262 g/mol. The van der Waals surface area contributed by atoms with Gasteiger partial charge in [0, 0.05) is 6.20 Å². The van der Waals surface area contributed by atoms with Crippen molar-refractivity contribution in [1.29, 1.82) is 5.26 Å². The van der Waals surface area contributed by atoms with E-state index in [0.29, 0.717) is 10.4 Å². The molecule has 0 atom stereocenters. The zero-order valence-electron chi connectivity index (χ0n) is 7.74. The van der Waals surface area contributed by atoms with Gasteiger partial charge in [-0.2, -0.15) is 5.26 Å². The monoisotopic (exact) mass is 269 g/mol. The molecule has 0 saturated heterocycles. The van der Waals surface area contributed by atoms with Crippen LogP contribution in [0.15, 0.2) is 22.9 Å². The third-order valence-electron chi connectivity index (χ3n) is 1.45. The molecular formula is C9H8BrN3O2. The maximum absolute atomic E-state index is 11.1. The van der Waals surface area contributed by atoms with E-state index in [2.05, 4.69) is 26.2 Å². The largest absolute Gasteiger partial charge is 0.481 e. The molecule has 0 bridgehead atoms. The Morgan fingerprint density at radius 1 is 1.73 bits per heavy atom. The summed E-state index contributed by atoms with van der Waals surface area (Å²) in [6.45, 7) is -0.150. The number of rotatable bonds is 4. The Labute approximate surface area is 95.2 Å². The molecule has 1 amide bonds. The molecule has 1 rings (SSSR count). The molecule has 0 unspecified atom stereocenters. The zero-order valence-corrected chi connectivity index (χ0v) is 9.32. The van der Waals surface area contributed by atoms with Crippen molar-refractivity contribution in [2.45, 2.75) is 0 Å². The molecule has 0 aliphatic heterocycles. The molecule has 0 spiro atoms. The van der Waals surface area contributed by atoms with Crippen LogP contribution in [0.3, 0.4) is 0 Å². The predicted octanol–water partition coefficient (Wildman–Crippen LogP) is 0.863. The molecule has 78 valence electrons. The van der Waals surface area contributed by atoms with E-state index in [0.717, 1.165) is 0 Å². The molecule has 5 nitrogen and oxygen atoms in total. The second kappa shape index (κ2) is 5.98. The van der Waals surface area contributed by atoms with Crippen molar-refractivity contribution in [3.8, 4) is 11.8 Å². The molecule has 1 N–H and O–H groups in total. The van der Waals surface area contributed by atoms with Gasteiger partial charge in [0.1, 0.15) is 11.1 Å². The van der Waals surface area contributed by atoms with Gasteiger partial charge in [-0.3, -0.25) is 4.79 Å². The SMILES string of the molecule is N#CCNC(=O)COc1cccnc1Br. The van der Waals surface area contributed by atoms with Crippen molar-refractivity contribution in [3.63, 3.8) is 0 Å². The van der Waals surface area contributed by atoms with Gasteiger partial charge in [-0.05, 0) is 28.1 Å². The van der Waals surface area contributed by atoms with E-state index < -0.39 is 0 Å². The molecule has 6 heteroatoms. The van der Waals surface area contributed by atoms with Crippen molar-refractivity contribution in [2.24, 2.45) is 0 Å². The summed E-state index contributed by atoms with van der Waals surface area (Å²) in [6.07, 6.45) is 1.60. The number of halogens is 1. The summed E-state index contributed by atoms with van der Waals surface area (Å²) >= 11 is 3.18. The number of pyridine rings is 1. The van der Waals surface area contributed by atoms with E-state index in [1.807, 2.05) is 0 Å². The van der Waals surface area contributed by atoms with Crippen LogP contribution in [0.2, 0.25) is 0 Å². The number of nitriles is 1. The highest BCUT2D eigenvalue weighted by atomic mass is 79.9. The Bertz CT molecular complexity index is 389. The van der Waals surface area contributed by atoms with Crippen LogP contribution < -0.4 is 10.1 Å². The number of hydrogen-bond acceptors (Lipinski definition) is 4. The van der Waals surface area contributed by atoms with Crippen LogP contribution in [0, 0.1) is 11.3 Å². The third kappa shape index (κ3) is 3.95. The van der Waals surface area contributed by atoms with Gasteiger partial charge >= 0.3 is 0 Å². The maximum Gasteiger partial charge on any atom is 0.258 e. The van der Waals surface area contributed by atoms with Crippen LogP contribution in [0.1, 0.15) is 0 Å². The molecule has 1 heterocycles. The molecule has 0 aliphatic rings. The van der Waals surface area contributed by atoms with Gasteiger partial charge in [-0.1, -0.05) is 0 Å². The second-order valence-corrected chi connectivity index (χ2v) is 3.27. The minimum Gasteiger partial charge on any atom is -0.481 e. The normalized spacial score (nSPS) is 9.07. The smallest absolute Gasteiger partial charge is 0.258 e. The first-order chi connectivity index (χ1) is 7.24. The standard InChI is InChI=1S/C9H8BrN3O2/c10-9-7(2-1-4-13-9)15-6-8(14)12-5-3-11/h1-2,4H,5-6H2,(H,12,14). The Morgan fingerprint density at radius 2 is 2.53 bits per heavy atom. The summed E-state index contributed by atoms with van der Waals surface area (Å²) in [5.74, 6) is 0.150. The van der Waals surface area contributed by atoms with Crippen LogP contribution in [0.4, 0.5) is 0 Å². The highest BCUT2D eigenvalue weighted by Gasteiger charge is 2.04. The highest BCUT2D eigenvalue weighted by molar-refractivity contribution is 9.10. The van der Waals surface area contributed by atoms with Crippen molar-refractivity contribution < 1.29 is 9.53 Å². The molecule has 0 fully saturated rings. The second-order valence-electron chi connectivity index (χ2n) is 2.52. The van der Waals surface area contributed by atoms with Gasteiger partial charge < -0.3 is 10.1 Å². The van der Waals surface area contributed by atoms with Crippen LogP contribution in [-0.4, -0.2) is 24.0 Å². The fourth-order valence-electron chi connectivity index (χ4n) is 0.811. The topological polar surface area (TPSA) is 75.0 Å². The van der Waals surface area contributed by atoms with E-state index in [1.54, 1.807) is 24.4 Å². The van der Waals surface area contributed by atoms with Crippen molar-refractivity contribution in [1.82, 2.24) is 10.3 Å². The number of hydrogen-bond donors (Lipinski definition) is 1. The molecule has 1 aromatic rings. The number of nitrogens with one attached hydrogen (secondary N) is 1. The fraction of sp³-hybridized carbons (Fsp3) is 0.222. The van der Waals surface area contributed by atoms with E-state index in [4.69, 9.17) is 10.00 Å². The summed E-state index contributed by atoms with van der Waals surface area (Å²) in [7, 11) is 0. The summed E-state index contributed by atoms with van der Waals surface area (Å²) in [5, 5.41) is 10.6. The Hall–Kier alpha value is -1.61. The van der Waals surface area contributed by atoms with Gasteiger partial charge in [0.25, 0.3) is 5.91 Å². The number of ether oxygens (including phenoxy) is 1. The van der Waals surface area contributed by atoms with Gasteiger partial charge in [-0.15, -0.1) is 0 Å². The molecule has 0 aliphatic carbocycles. The minimum absolute atomic E-state index is 0.0175. The first kappa shape index (κ1) is 11.5. The van der Waals surface area contributed by atoms with Crippen LogP contribution in [-0.2, 0) is 4.79 Å². The highest BCUT2D eigenvalue weighted by Crippen LogP contribution is 2.20. The lowest BCUT2D eigenvalue weighted by atomic mass is 10.4. The number of amides is 1. The van der Waals surface area contributed by atoms with Gasteiger partial charge in [-0.25, -0.2) is 4.98 Å². The van der Waals surface area contributed by atoms with Crippen LogP contribution >= 0.6 is 15.9 Å². The van der Waals surface area contributed by atoms with E-state index >= 15 is 0 Å². The molecule has 15 heavy (non-hydrogen) atoms. The number of aromatic nitrogens is 1. The van der Waals surface area contributed by atoms with Crippen molar-refractivity contribution in [2.75, 3.05) is 13.2 Å². The molecule has 1 aromatic heterocycles. The van der Waals surface area contributed by atoms with E-state index in [1.165, 1.54) is 0 Å².